The van der Waals surface area contributed by atoms with E-state index >= 15 is 0 Å². The molecule has 0 aliphatic carbocycles. The Labute approximate surface area is 111 Å². The maximum atomic E-state index is 5.53. The lowest BCUT2D eigenvalue weighted by atomic mass is 10.3. The van der Waals surface area contributed by atoms with Gasteiger partial charge in [-0.3, -0.25) is 0 Å². The average Bonchev–Trinajstić information content (AvgIpc) is 2.40. The SMILES string of the molecule is COc1ccccc1[Si@H](c1ccccc1)C(C)C. The molecule has 0 bridgehead atoms. The van der Waals surface area contributed by atoms with Crippen LogP contribution in [0.1, 0.15) is 13.8 Å². The molecule has 0 aliphatic heterocycles. The Bertz CT molecular complexity index is 493. The molecular weight excluding hydrogens is 236 g/mol. The van der Waals surface area contributed by atoms with Crippen LogP contribution < -0.4 is 15.1 Å². The molecule has 2 aromatic rings. The summed E-state index contributed by atoms with van der Waals surface area (Å²) in [4.78, 5) is 0. The number of benzene rings is 2. The Balaban J connectivity index is 2.49. The van der Waals surface area contributed by atoms with Crippen LogP contribution in [0.2, 0.25) is 5.54 Å². The molecule has 94 valence electrons. The molecule has 2 aromatic carbocycles. The molecule has 18 heavy (non-hydrogen) atoms. The quantitative estimate of drug-likeness (QED) is 0.764. The fraction of sp³-hybridized carbons (Fsp3) is 0.250. The van der Waals surface area contributed by atoms with E-state index in [4.69, 9.17) is 4.74 Å². The topological polar surface area (TPSA) is 9.23 Å². The highest BCUT2D eigenvalue weighted by Crippen LogP contribution is 2.14. The van der Waals surface area contributed by atoms with Crippen molar-refractivity contribution in [2.45, 2.75) is 19.4 Å². The van der Waals surface area contributed by atoms with E-state index in [9.17, 15) is 0 Å². The van der Waals surface area contributed by atoms with Gasteiger partial charge in [0, 0.05) is 0 Å². The number of rotatable bonds is 4. The molecule has 1 atom stereocenters. The minimum absolute atomic E-state index is 0.670. The van der Waals surface area contributed by atoms with Gasteiger partial charge in [-0.15, -0.1) is 0 Å². The van der Waals surface area contributed by atoms with Crippen molar-refractivity contribution in [1.29, 1.82) is 0 Å². The Morgan fingerprint density at radius 1 is 0.889 bits per heavy atom. The van der Waals surface area contributed by atoms with E-state index in [1.54, 1.807) is 7.11 Å². The molecule has 0 amide bonds. The third kappa shape index (κ3) is 2.65. The molecule has 0 saturated carbocycles. The van der Waals surface area contributed by atoms with Crippen molar-refractivity contribution >= 4 is 19.2 Å². The Kier molecular flexibility index (Phi) is 4.21. The van der Waals surface area contributed by atoms with Crippen molar-refractivity contribution in [2.24, 2.45) is 0 Å². The molecule has 0 saturated heterocycles. The van der Waals surface area contributed by atoms with Gasteiger partial charge in [0.25, 0.3) is 0 Å². The summed E-state index contributed by atoms with van der Waals surface area (Å²) < 4.78 is 5.53. The monoisotopic (exact) mass is 256 g/mol. The number of hydrogen-bond donors (Lipinski definition) is 0. The van der Waals surface area contributed by atoms with Gasteiger partial charge in [0.15, 0.2) is 0 Å². The smallest absolute Gasteiger partial charge is 0.118 e. The molecule has 0 N–H and O–H groups in total. The largest absolute Gasteiger partial charge is 0.497 e. The van der Waals surface area contributed by atoms with E-state index in [0.29, 0.717) is 5.54 Å². The molecule has 0 aromatic heterocycles. The van der Waals surface area contributed by atoms with Crippen LogP contribution >= 0.6 is 0 Å². The first-order chi connectivity index (χ1) is 8.74. The Morgan fingerprint density at radius 2 is 1.50 bits per heavy atom. The van der Waals surface area contributed by atoms with Gasteiger partial charge in [0.2, 0.25) is 0 Å². The molecule has 0 fully saturated rings. The van der Waals surface area contributed by atoms with Crippen molar-refractivity contribution in [1.82, 2.24) is 0 Å². The van der Waals surface area contributed by atoms with Crippen LogP contribution in [0.4, 0.5) is 0 Å². The second-order valence-electron chi connectivity index (χ2n) is 4.87. The highest BCUT2D eigenvalue weighted by Gasteiger charge is 2.22. The summed E-state index contributed by atoms with van der Waals surface area (Å²) in [6.45, 7) is 4.63. The van der Waals surface area contributed by atoms with E-state index in [1.807, 2.05) is 6.07 Å². The molecule has 2 rings (SSSR count). The molecule has 0 heterocycles. The number of para-hydroxylation sites is 1. The van der Waals surface area contributed by atoms with Crippen LogP contribution in [-0.4, -0.2) is 15.9 Å². The lowest BCUT2D eigenvalue weighted by Crippen LogP contribution is -2.45. The molecular formula is C16H20OSi. The van der Waals surface area contributed by atoms with Gasteiger partial charge in [0.1, 0.15) is 14.5 Å². The first kappa shape index (κ1) is 12.9. The van der Waals surface area contributed by atoms with E-state index in [0.717, 1.165) is 5.75 Å². The lowest BCUT2D eigenvalue weighted by Gasteiger charge is -2.22. The average molecular weight is 256 g/mol. The molecule has 0 radical (unpaired) electrons. The second kappa shape index (κ2) is 5.87. The standard InChI is InChI=1S/C16H20OSi/c1-13(2)18(14-9-5-4-6-10-14)16-12-8-7-11-15(16)17-3/h4-13,18H,1-3H3/t18-/m0/s1. The van der Waals surface area contributed by atoms with Gasteiger partial charge in [-0.05, 0) is 16.8 Å². The van der Waals surface area contributed by atoms with Gasteiger partial charge < -0.3 is 4.74 Å². The van der Waals surface area contributed by atoms with Crippen LogP contribution in [0, 0.1) is 0 Å². The predicted octanol–water partition coefficient (Wildman–Crippen LogP) is 2.45. The molecule has 1 nitrogen and oxygen atoms in total. The fourth-order valence-electron chi connectivity index (χ4n) is 2.51. The van der Waals surface area contributed by atoms with E-state index in [1.165, 1.54) is 10.4 Å². The highest BCUT2D eigenvalue weighted by molar-refractivity contribution is 6.86. The highest BCUT2D eigenvalue weighted by atomic mass is 28.3. The maximum absolute atomic E-state index is 5.53. The van der Waals surface area contributed by atoms with Crippen molar-refractivity contribution < 1.29 is 4.74 Å². The summed E-state index contributed by atoms with van der Waals surface area (Å²) in [5, 5.41) is 2.89. The normalized spacial score (nSPS) is 12.4. The van der Waals surface area contributed by atoms with Crippen LogP contribution in [0.5, 0.6) is 5.75 Å². The van der Waals surface area contributed by atoms with Gasteiger partial charge in [-0.2, -0.15) is 0 Å². The van der Waals surface area contributed by atoms with Gasteiger partial charge in [-0.1, -0.05) is 67.6 Å². The third-order valence-corrected chi connectivity index (χ3v) is 6.88. The van der Waals surface area contributed by atoms with Gasteiger partial charge >= 0.3 is 0 Å². The predicted molar refractivity (Wildman–Crippen MR) is 81.0 cm³/mol. The Hall–Kier alpha value is -1.54. The zero-order chi connectivity index (χ0) is 13.0. The Morgan fingerprint density at radius 3 is 2.11 bits per heavy atom. The first-order valence-corrected chi connectivity index (χ1v) is 8.24. The molecule has 0 unspecified atom stereocenters. The zero-order valence-corrected chi connectivity index (χ0v) is 12.4. The first-order valence-electron chi connectivity index (χ1n) is 6.42. The number of ether oxygens (including phenoxy) is 1. The summed E-state index contributed by atoms with van der Waals surface area (Å²) in [5.74, 6) is 1.03. The molecule has 0 spiro atoms. The summed E-state index contributed by atoms with van der Waals surface area (Å²) in [6.07, 6.45) is 0. The zero-order valence-electron chi connectivity index (χ0n) is 11.3. The van der Waals surface area contributed by atoms with Gasteiger partial charge in [-0.25, -0.2) is 0 Å². The van der Waals surface area contributed by atoms with Crippen molar-refractivity contribution in [3.05, 3.63) is 54.6 Å². The van der Waals surface area contributed by atoms with Crippen molar-refractivity contribution in [3.8, 4) is 5.75 Å². The third-order valence-electron chi connectivity index (χ3n) is 3.30. The summed E-state index contributed by atoms with van der Waals surface area (Å²) >= 11 is 0. The van der Waals surface area contributed by atoms with Crippen LogP contribution in [0.25, 0.3) is 0 Å². The maximum Gasteiger partial charge on any atom is 0.118 e. The number of methoxy groups -OCH3 is 1. The summed E-state index contributed by atoms with van der Waals surface area (Å²) in [6, 6.07) is 19.3. The lowest BCUT2D eigenvalue weighted by molar-refractivity contribution is 0.418. The van der Waals surface area contributed by atoms with Crippen molar-refractivity contribution in [2.75, 3.05) is 7.11 Å². The summed E-state index contributed by atoms with van der Waals surface area (Å²) in [5.41, 5.74) is 0.670. The summed E-state index contributed by atoms with van der Waals surface area (Å²) in [7, 11) is 0.554. The van der Waals surface area contributed by atoms with E-state index in [-0.39, 0.29) is 0 Å². The van der Waals surface area contributed by atoms with E-state index < -0.39 is 8.80 Å². The minimum atomic E-state index is -1.21. The van der Waals surface area contributed by atoms with E-state index in [2.05, 4.69) is 62.4 Å². The second-order valence-corrected chi connectivity index (χ2v) is 8.45. The van der Waals surface area contributed by atoms with Crippen LogP contribution in [0.3, 0.4) is 0 Å². The fourth-order valence-corrected chi connectivity index (χ4v) is 5.83. The molecule has 2 heteroatoms. The van der Waals surface area contributed by atoms with Crippen molar-refractivity contribution in [3.63, 3.8) is 0 Å². The minimum Gasteiger partial charge on any atom is -0.497 e. The number of hydrogen-bond acceptors (Lipinski definition) is 1. The van der Waals surface area contributed by atoms with Crippen LogP contribution in [0.15, 0.2) is 54.6 Å². The van der Waals surface area contributed by atoms with Crippen LogP contribution in [-0.2, 0) is 0 Å². The molecule has 0 aliphatic rings. The van der Waals surface area contributed by atoms with Gasteiger partial charge in [0.05, 0.1) is 7.11 Å².